The van der Waals surface area contributed by atoms with Crippen LogP contribution in [0.1, 0.15) is 5.56 Å². The fraction of sp³-hybridized carbons (Fsp3) is 0. The molecule has 0 amide bonds. The number of fused-ring (bicyclic) bond motifs is 6. The number of nitriles is 1. The Kier molecular flexibility index (Phi) is 5.88. The normalized spacial score (nSPS) is 11.5. The third-order valence-corrected chi connectivity index (χ3v) is 8.90. The summed E-state index contributed by atoms with van der Waals surface area (Å²) in [6.07, 6.45) is 0. The van der Waals surface area contributed by atoms with Crippen LogP contribution in [-0.2, 0) is 0 Å². The van der Waals surface area contributed by atoms with Crippen LogP contribution in [-0.4, -0.2) is 0 Å². The zero-order valence-electron chi connectivity index (χ0n) is 24.7. The molecular weight excluding hydrogens is 562 g/mol. The molecule has 0 bridgehead atoms. The standard InChI is InChI=1S/C43H25NO2/c44-26-27-20-32(28-8-2-1-3-9-28)22-33(21-27)29-14-17-34(30-15-18-42-38(24-30)35-10-4-6-12-40(35)45-42)37(23-29)31-16-19-43-39(25-31)36-11-5-7-13-41(36)46-43/h1-25H. The van der Waals surface area contributed by atoms with Crippen LogP contribution in [0.4, 0.5) is 0 Å². The molecule has 46 heavy (non-hydrogen) atoms. The van der Waals surface area contributed by atoms with E-state index in [2.05, 4.69) is 91.0 Å². The fourth-order valence-corrected chi connectivity index (χ4v) is 6.66. The highest BCUT2D eigenvalue weighted by atomic mass is 16.3. The van der Waals surface area contributed by atoms with E-state index in [1.54, 1.807) is 0 Å². The van der Waals surface area contributed by atoms with Crippen LogP contribution in [0.25, 0.3) is 88.4 Å². The van der Waals surface area contributed by atoms with Crippen LogP contribution in [0.15, 0.2) is 160 Å². The van der Waals surface area contributed by atoms with Crippen LogP contribution >= 0.6 is 0 Å². The molecule has 0 saturated heterocycles. The van der Waals surface area contributed by atoms with Gasteiger partial charge in [0.1, 0.15) is 22.3 Å². The van der Waals surface area contributed by atoms with Gasteiger partial charge in [0, 0.05) is 21.5 Å². The molecule has 9 aromatic rings. The van der Waals surface area contributed by atoms with E-state index in [4.69, 9.17) is 8.83 Å². The van der Waals surface area contributed by atoms with E-state index in [1.807, 2.05) is 66.7 Å². The van der Waals surface area contributed by atoms with Gasteiger partial charge in [-0.25, -0.2) is 0 Å². The molecule has 0 aliphatic rings. The highest BCUT2D eigenvalue weighted by Crippen LogP contribution is 2.41. The summed E-state index contributed by atoms with van der Waals surface area (Å²) < 4.78 is 12.3. The number of nitrogens with zero attached hydrogens (tertiary/aromatic N) is 1. The van der Waals surface area contributed by atoms with Gasteiger partial charge in [-0.2, -0.15) is 5.26 Å². The van der Waals surface area contributed by atoms with Gasteiger partial charge < -0.3 is 8.83 Å². The quantitative estimate of drug-likeness (QED) is 0.206. The van der Waals surface area contributed by atoms with Crippen molar-refractivity contribution in [3.05, 3.63) is 157 Å². The minimum atomic E-state index is 0.630. The lowest BCUT2D eigenvalue weighted by Crippen LogP contribution is -1.90. The largest absolute Gasteiger partial charge is 0.456 e. The molecule has 0 radical (unpaired) electrons. The summed E-state index contributed by atoms with van der Waals surface area (Å²) in [5.74, 6) is 0. The van der Waals surface area contributed by atoms with Gasteiger partial charge in [-0.15, -0.1) is 0 Å². The predicted octanol–water partition coefficient (Wildman–Crippen LogP) is 12.0. The smallest absolute Gasteiger partial charge is 0.135 e. The first kappa shape index (κ1) is 26.1. The van der Waals surface area contributed by atoms with Crippen molar-refractivity contribution in [3.63, 3.8) is 0 Å². The molecule has 7 aromatic carbocycles. The van der Waals surface area contributed by atoms with Gasteiger partial charge in [0.15, 0.2) is 0 Å². The first-order chi connectivity index (χ1) is 22.7. The molecule has 3 nitrogen and oxygen atoms in total. The van der Waals surface area contributed by atoms with Crippen LogP contribution in [0, 0.1) is 11.3 Å². The van der Waals surface area contributed by atoms with Crippen molar-refractivity contribution in [1.29, 1.82) is 5.26 Å². The summed E-state index contributed by atoms with van der Waals surface area (Å²) in [5.41, 5.74) is 12.7. The van der Waals surface area contributed by atoms with Gasteiger partial charge in [0.2, 0.25) is 0 Å². The average Bonchev–Trinajstić information content (AvgIpc) is 3.69. The number of para-hydroxylation sites is 2. The molecule has 0 aliphatic carbocycles. The van der Waals surface area contributed by atoms with Crippen molar-refractivity contribution in [2.45, 2.75) is 0 Å². The van der Waals surface area contributed by atoms with Gasteiger partial charge >= 0.3 is 0 Å². The van der Waals surface area contributed by atoms with Crippen molar-refractivity contribution in [1.82, 2.24) is 0 Å². The Bertz CT molecular complexity index is 2650. The van der Waals surface area contributed by atoms with E-state index in [0.717, 1.165) is 88.4 Å². The topological polar surface area (TPSA) is 50.1 Å². The van der Waals surface area contributed by atoms with E-state index < -0.39 is 0 Å². The zero-order chi connectivity index (χ0) is 30.6. The minimum Gasteiger partial charge on any atom is -0.456 e. The van der Waals surface area contributed by atoms with Crippen molar-refractivity contribution in [2.75, 3.05) is 0 Å². The Morgan fingerprint density at radius 2 is 0.870 bits per heavy atom. The van der Waals surface area contributed by atoms with Crippen LogP contribution in [0.5, 0.6) is 0 Å². The number of furan rings is 2. The summed E-state index contributed by atoms with van der Waals surface area (Å²) >= 11 is 0. The molecule has 2 aromatic heterocycles. The Labute approximate surface area is 265 Å². The zero-order valence-corrected chi connectivity index (χ0v) is 24.7. The lowest BCUT2D eigenvalue weighted by Gasteiger charge is -2.15. The van der Waals surface area contributed by atoms with Crippen molar-refractivity contribution in [2.24, 2.45) is 0 Å². The molecule has 0 saturated carbocycles. The first-order valence-electron chi connectivity index (χ1n) is 15.3. The Hall–Kier alpha value is -6.37. The summed E-state index contributed by atoms with van der Waals surface area (Å²) in [6.45, 7) is 0. The SMILES string of the molecule is N#Cc1cc(-c2ccccc2)cc(-c2ccc(-c3ccc4oc5ccccc5c4c3)c(-c3ccc4oc5ccccc5c4c3)c2)c1. The Morgan fingerprint density at radius 3 is 1.50 bits per heavy atom. The monoisotopic (exact) mass is 587 g/mol. The van der Waals surface area contributed by atoms with Crippen LogP contribution < -0.4 is 0 Å². The molecule has 2 heterocycles. The van der Waals surface area contributed by atoms with Crippen molar-refractivity contribution >= 4 is 43.9 Å². The maximum absolute atomic E-state index is 9.95. The number of benzene rings is 7. The first-order valence-corrected chi connectivity index (χ1v) is 15.3. The second-order valence-electron chi connectivity index (χ2n) is 11.7. The highest BCUT2D eigenvalue weighted by Gasteiger charge is 2.16. The van der Waals surface area contributed by atoms with Gasteiger partial charge in [-0.05, 0) is 105 Å². The van der Waals surface area contributed by atoms with E-state index >= 15 is 0 Å². The molecule has 214 valence electrons. The predicted molar refractivity (Wildman–Crippen MR) is 187 cm³/mol. The molecule has 0 N–H and O–H groups in total. The lowest BCUT2D eigenvalue weighted by atomic mass is 9.89. The molecule has 0 unspecified atom stereocenters. The maximum Gasteiger partial charge on any atom is 0.135 e. The van der Waals surface area contributed by atoms with Gasteiger partial charge in [-0.1, -0.05) is 91.0 Å². The minimum absolute atomic E-state index is 0.630. The fourth-order valence-electron chi connectivity index (χ4n) is 6.66. The second kappa shape index (κ2) is 10.4. The third-order valence-electron chi connectivity index (χ3n) is 8.90. The van der Waals surface area contributed by atoms with Gasteiger partial charge in [0.25, 0.3) is 0 Å². The van der Waals surface area contributed by atoms with Crippen molar-refractivity contribution < 1.29 is 8.83 Å². The summed E-state index contributed by atoms with van der Waals surface area (Å²) in [4.78, 5) is 0. The Balaban J connectivity index is 1.28. The number of hydrogen-bond acceptors (Lipinski definition) is 3. The molecule has 0 aliphatic heterocycles. The molecule has 0 atom stereocenters. The highest BCUT2D eigenvalue weighted by molar-refractivity contribution is 6.08. The molecule has 0 spiro atoms. The molecule has 3 heteroatoms. The van der Waals surface area contributed by atoms with Crippen LogP contribution in [0.2, 0.25) is 0 Å². The third kappa shape index (κ3) is 4.28. The van der Waals surface area contributed by atoms with Gasteiger partial charge in [0.05, 0.1) is 11.6 Å². The van der Waals surface area contributed by atoms with Crippen molar-refractivity contribution in [3.8, 4) is 50.6 Å². The van der Waals surface area contributed by atoms with Gasteiger partial charge in [-0.3, -0.25) is 0 Å². The van der Waals surface area contributed by atoms with E-state index in [0.29, 0.717) is 5.56 Å². The van der Waals surface area contributed by atoms with E-state index in [1.165, 1.54) is 0 Å². The summed E-state index contributed by atoms with van der Waals surface area (Å²) in [7, 11) is 0. The number of hydrogen-bond donors (Lipinski definition) is 0. The lowest BCUT2D eigenvalue weighted by molar-refractivity contribution is 0.668. The average molecular weight is 588 g/mol. The molecular formula is C43H25NO2. The van der Waals surface area contributed by atoms with E-state index in [-0.39, 0.29) is 0 Å². The molecule has 9 rings (SSSR count). The summed E-state index contributed by atoms with van der Waals surface area (Å²) in [5, 5.41) is 14.3. The van der Waals surface area contributed by atoms with E-state index in [9.17, 15) is 5.26 Å². The summed E-state index contributed by atoms with van der Waals surface area (Å²) in [6, 6.07) is 54.5. The second-order valence-corrected chi connectivity index (χ2v) is 11.7. The number of rotatable bonds is 4. The molecule has 0 fully saturated rings. The maximum atomic E-state index is 9.95. The van der Waals surface area contributed by atoms with Crippen LogP contribution in [0.3, 0.4) is 0 Å². The Morgan fingerprint density at radius 1 is 0.348 bits per heavy atom.